The second-order valence-electron chi connectivity index (χ2n) is 8.64. The van der Waals surface area contributed by atoms with E-state index >= 15 is 0 Å². The van der Waals surface area contributed by atoms with Gasteiger partial charge in [-0.1, -0.05) is 138 Å². The summed E-state index contributed by atoms with van der Waals surface area (Å²) in [5, 5.41) is 13.8. The van der Waals surface area contributed by atoms with Crippen molar-refractivity contribution in [3.05, 3.63) is 85.1 Å². The monoisotopic (exact) mass is 467 g/mol. The zero-order valence-electron chi connectivity index (χ0n) is 21.9. The Morgan fingerprint density at radius 2 is 1.15 bits per heavy atom. The summed E-state index contributed by atoms with van der Waals surface area (Å²) in [5.74, 6) is -0.160. The number of amides is 1. The van der Waals surface area contributed by atoms with E-state index < -0.39 is 5.60 Å². The van der Waals surface area contributed by atoms with Gasteiger partial charge < -0.3 is 10.4 Å². The molecule has 3 nitrogen and oxygen atoms in total. The first-order chi connectivity index (χ1) is 16.6. The number of allylic oxidation sites excluding steroid dienone is 13. The molecule has 190 valence electrons. The maximum atomic E-state index is 12.1. The van der Waals surface area contributed by atoms with E-state index in [4.69, 9.17) is 0 Å². The zero-order valence-corrected chi connectivity index (χ0v) is 21.9. The molecule has 0 heterocycles. The van der Waals surface area contributed by atoms with Crippen molar-refractivity contribution in [1.29, 1.82) is 0 Å². The molecule has 0 saturated heterocycles. The molecule has 0 aliphatic rings. The molecule has 0 radical (unpaired) electrons. The smallest absolute Gasteiger partial charge is 0.244 e. The van der Waals surface area contributed by atoms with E-state index in [9.17, 15) is 9.90 Å². The van der Waals surface area contributed by atoms with Gasteiger partial charge in [-0.2, -0.15) is 0 Å². The SMILES string of the molecule is CCC=CC=CC=CC=CCCC=CC=CC=CC(=O)NCC(O)(CCCCC)CCCCC. The van der Waals surface area contributed by atoms with Gasteiger partial charge >= 0.3 is 0 Å². The zero-order chi connectivity index (χ0) is 25.2. The fraction of sp³-hybridized carbons (Fsp3) is 0.516. The quantitative estimate of drug-likeness (QED) is 0.108. The van der Waals surface area contributed by atoms with Gasteiger partial charge in [0.1, 0.15) is 0 Å². The lowest BCUT2D eigenvalue weighted by Gasteiger charge is -2.28. The van der Waals surface area contributed by atoms with E-state index in [-0.39, 0.29) is 5.91 Å². The summed E-state index contributed by atoms with van der Waals surface area (Å²) >= 11 is 0. The van der Waals surface area contributed by atoms with E-state index in [1.165, 1.54) is 6.08 Å². The Morgan fingerprint density at radius 3 is 1.65 bits per heavy atom. The van der Waals surface area contributed by atoms with Crippen LogP contribution in [0.1, 0.15) is 91.4 Å². The molecule has 0 aliphatic carbocycles. The second kappa shape index (κ2) is 23.8. The molecule has 0 unspecified atom stereocenters. The lowest BCUT2D eigenvalue weighted by molar-refractivity contribution is -0.118. The maximum Gasteiger partial charge on any atom is 0.244 e. The highest BCUT2D eigenvalue weighted by molar-refractivity contribution is 5.87. The summed E-state index contributed by atoms with van der Waals surface area (Å²) in [4.78, 5) is 12.1. The lowest BCUT2D eigenvalue weighted by atomic mass is 9.90. The van der Waals surface area contributed by atoms with Crippen LogP contribution in [0.15, 0.2) is 85.1 Å². The van der Waals surface area contributed by atoms with Crippen molar-refractivity contribution >= 4 is 5.91 Å². The molecule has 0 saturated carbocycles. The van der Waals surface area contributed by atoms with E-state index in [1.54, 1.807) is 6.08 Å². The van der Waals surface area contributed by atoms with Crippen LogP contribution in [0.3, 0.4) is 0 Å². The Hall–Kier alpha value is -2.39. The molecule has 0 aromatic carbocycles. The fourth-order valence-electron chi connectivity index (χ4n) is 3.30. The molecule has 0 atom stereocenters. The van der Waals surface area contributed by atoms with Crippen molar-refractivity contribution in [2.45, 2.75) is 97.0 Å². The molecule has 3 heteroatoms. The predicted octanol–water partition coefficient (Wildman–Crippen LogP) is 8.08. The van der Waals surface area contributed by atoms with Crippen molar-refractivity contribution in [1.82, 2.24) is 5.32 Å². The highest BCUT2D eigenvalue weighted by atomic mass is 16.3. The number of hydrogen-bond donors (Lipinski definition) is 2. The Balaban J connectivity index is 4.18. The van der Waals surface area contributed by atoms with Crippen LogP contribution in [0.25, 0.3) is 0 Å². The number of unbranched alkanes of at least 4 members (excludes halogenated alkanes) is 5. The average Bonchev–Trinajstić information content (AvgIpc) is 2.83. The molecule has 0 aromatic heterocycles. The second-order valence-corrected chi connectivity index (χ2v) is 8.64. The van der Waals surface area contributed by atoms with Crippen LogP contribution in [-0.2, 0) is 4.79 Å². The number of nitrogens with one attached hydrogen (secondary N) is 1. The van der Waals surface area contributed by atoms with Crippen LogP contribution in [0.4, 0.5) is 0 Å². The largest absolute Gasteiger partial charge is 0.388 e. The third-order valence-corrected chi connectivity index (χ3v) is 5.36. The fourth-order valence-corrected chi connectivity index (χ4v) is 3.30. The van der Waals surface area contributed by atoms with Gasteiger partial charge in [-0.25, -0.2) is 0 Å². The molecule has 0 aliphatic heterocycles. The van der Waals surface area contributed by atoms with Gasteiger partial charge in [0.2, 0.25) is 5.91 Å². The molecule has 34 heavy (non-hydrogen) atoms. The third kappa shape index (κ3) is 21.5. The molecule has 0 fully saturated rings. The van der Waals surface area contributed by atoms with Gasteiger partial charge in [-0.15, -0.1) is 0 Å². The summed E-state index contributed by atoms with van der Waals surface area (Å²) in [6, 6.07) is 0. The molecule has 0 bridgehead atoms. The molecular weight excluding hydrogens is 418 g/mol. The summed E-state index contributed by atoms with van der Waals surface area (Å²) < 4.78 is 0. The minimum atomic E-state index is -0.792. The summed E-state index contributed by atoms with van der Waals surface area (Å²) in [6.45, 7) is 6.77. The van der Waals surface area contributed by atoms with E-state index in [1.807, 2.05) is 42.5 Å². The number of rotatable bonds is 20. The van der Waals surface area contributed by atoms with Gasteiger partial charge in [-0.3, -0.25) is 4.79 Å². The van der Waals surface area contributed by atoms with Crippen molar-refractivity contribution in [2.24, 2.45) is 0 Å². The first-order valence-electron chi connectivity index (χ1n) is 13.2. The van der Waals surface area contributed by atoms with Crippen LogP contribution in [0.2, 0.25) is 0 Å². The molecule has 2 N–H and O–H groups in total. The van der Waals surface area contributed by atoms with E-state index in [2.05, 4.69) is 56.5 Å². The van der Waals surface area contributed by atoms with E-state index in [0.29, 0.717) is 6.54 Å². The maximum absolute atomic E-state index is 12.1. The Morgan fingerprint density at radius 1 is 0.676 bits per heavy atom. The van der Waals surface area contributed by atoms with Crippen LogP contribution < -0.4 is 5.32 Å². The number of carbonyl (C=O) groups excluding carboxylic acids is 1. The number of carbonyl (C=O) groups is 1. The normalized spacial score (nSPS) is 13.4. The summed E-state index contributed by atoms with van der Waals surface area (Å²) in [5.41, 5.74) is -0.792. The van der Waals surface area contributed by atoms with Gasteiger partial charge in [-0.05, 0) is 32.1 Å². The van der Waals surface area contributed by atoms with Crippen molar-refractivity contribution in [2.75, 3.05) is 6.54 Å². The van der Waals surface area contributed by atoms with E-state index in [0.717, 1.165) is 70.6 Å². The highest BCUT2D eigenvalue weighted by Crippen LogP contribution is 2.22. The van der Waals surface area contributed by atoms with Gasteiger partial charge in [0, 0.05) is 12.6 Å². The Bertz CT molecular complexity index is 682. The van der Waals surface area contributed by atoms with Crippen molar-refractivity contribution in [3.8, 4) is 0 Å². The predicted molar refractivity (Wildman–Crippen MR) is 150 cm³/mol. The molecule has 0 aromatic rings. The minimum absolute atomic E-state index is 0.160. The number of aliphatic hydroxyl groups is 1. The Kier molecular flexibility index (Phi) is 22.1. The molecule has 0 rings (SSSR count). The lowest BCUT2D eigenvalue weighted by Crippen LogP contribution is -2.42. The first-order valence-corrected chi connectivity index (χ1v) is 13.2. The highest BCUT2D eigenvalue weighted by Gasteiger charge is 2.26. The van der Waals surface area contributed by atoms with Gasteiger partial charge in [0.25, 0.3) is 0 Å². The summed E-state index contributed by atoms with van der Waals surface area (Å²) in [7, 11) is 0. The van der Waals surface area contributed by atoms with Crippen LogP contribution in [0, 0.1) is 0 Å². The number of hydrogen-bond acceptors (Lipinski definition) is 2. The van der Waals surface area contributed by atoms with Crippen LogP contribution in [-0.4, -0.2) is 23.2 Å². The third-order valence-electron chi connectivity index (χ3n) is 5.36. The Labute approximate surface area is 209 Å². The standard InChI is InChI=1S/C31H49NO2/c1-4-7-10-11-12-13-14-15-16-17-18-19-20-21-22-23-26-30(33)32-29-31(34,27-24-8-5-2)28-25-9-6-3/h7,10-16,19-23,26,34H,4-6,8-9,17-18,24-25,27-29H2,1-3H3,(H,32,33). The minimum Gasteiger partial charge on any atom is -0.388 e. The molecular formula is C31H49NO2. The molecule has 0 spiro atoms. The topological polar surface area (TPSA) is 49.3 Å². The van der Waals surface area contributed by atoms with Crippen molar-refractivity contribution in [3.63, 3.8) is 0 Å². The van der Waals surface area contributed by atoms with Gasteiger partial charge in [0.05, 0.1) is 5.60 Å². The van der Waals surface area contributed by atoms with Crippen LogP contribution >= 0.6 is 0 Å². The molecule has 1 amide bonds. The van der Waals surface area contributed by atoms with Gasteiger partial charge in [0.15, 0.2) is 0 Å². The van der Waals surface area contributed by atoms with Crippen LogP contribution in [0.5, 0.6) is 0 Å². The van der Waals surface area contributed by atoms with Crippen molar-refractivity contribution < 1.29 is 9.90 Å². The summed E-state index contributed by atoms with van der Waals surface area (Å²) in [6.07, 6.45) is 38.7. The average molecular weight is 468 g/mol. The first kappa shape index (κ1) is 31.6.